The molecule has 2 atom stereocenters. The van der Waals surface area contributed by atoms with Crippen LogP contribution in [0, 0.1) is 0 Å². The molecule has 0 aliphatic carbocycles. The van der Waals surface area contributed by atoms with Gasteiger partial charge in [0.25, 0.3) is 0 Å². The Morgan fingerprint density at radius 1 is 1.20 bits per heavy atom. The molecule has 1 saturated heterocycles. The zero-order valence-corrected chi connectivity index (χ0v) is 15.1. The third kappa shape index (κ3) is 3.83. The third-order valence-electron chi connectivity index (χ3n) is 4.18. The van der Waals surface area contributed by atoms with E-state index in [2.05, 4.69) is 9.47 Å². The molecule has 2 rings (SSSR count). The van der Waals surface area contributed by atoms with Crippen LogP contribution in [-0.4, -0.2) is 62.7 Å². The fourth-order valence-corrected chi connectivity index (χ4v) is 4.73. The summed E-state index contributed by atoms with van der Waals surface area (Å²) in [6.45, 7) is 1.80. The van der Waals surface area contributed by atoms with Crippen LogP contribution in [0.25, 0.3) is 0 Å². The Morgan fingerprint density at radius 3 is 2.40 bits per heavy atom. The van der Waals surface area contributed by atoms with Gasteiger partial charge in [-0.25, -0.2) is 18.0 Å². The second-order valence-electron chi connectivity index (χ2n) is 5.84. The molecule has 138 valence electrons. The molecule has 25 heavy (non-hydrogen) atoms. The van der Waals surface area contributed by atoms with E-state index in [-0.39, 0.29) is 22.6 Å². The van der Waals surface area contributed by atoms with Crippen molar-refractivity contribution in [2.24, 2.45) is 0 Å². The van der Waals surface area contributed by atoms with Crippen LogP contribution in [-0.2, 0) is 19.5 Å². The van der Waals surface area contributed by atoms with Gasteiger partial charge >= 0.3 is 11.9 Å². The number of hydrogen-bond acceptors (Lipinski definition) is 7. The maximum atomic E-state index is 13.1. The molecule has 1 fully saturated rings. The van der Waals surface area contributed by atoms with Crippen molar-refractivity contribution in [2.45, 2.75) is 36.8 Å². The minimum absolute atomic E-state index is 0.0124. The molecule has 1 heterocycles. The first-order chi connectivity index (χ1) is 11.7. The minimum Gasteiger partial charge on any atom is -0.465 e. The summed E-state index contributed by atoms with van der Waals surface area (Å²) in [5.41, 5.74) is -0.146. The number of hydrogen-bond donors (Lipinski definition) is 1. The molecule has 0 aromatic heterocycles. The summed E-state index contributed by atoms with van der Waals surface area (Å²) in [4.78, 5) is 23.4. The van der Waals surface area contributed by atoms with Crippen molar-refractivity contribution in [2.75, 3.05) is 20.8 Å². The number of piperidine rings is 1. The standard InChI is InChI=1S/C16H21NO7S/c1-10-8-12(18)6-7-17(10)25(21,22)14-9-11(15(19)23-2)4-5-13(14)16(20)24-3/h4-5,9-10,12,18H,6-8H2,1-3H3/t10-,12+/m0/s1. The number of carbonyl (C=O) groups excluding carboxylic acids is 2. The van der Waals surface area contributed by atoms with Gasteiger partial charge in [0.2, 0.25) is 10.0 Å². The van der Waals surface area contributed by atoms with Crippen LogP contribution in [0.3, 0.4) is 0 Å². The molecule has 1 aromatic rings. The number of ether oxygens (including phenoxy) is 2. The van der Waals surface area contributed by atoms with Crippen molar-refractivity contribution in [3.8, 4) is 0 Å². The second kappa shape index (κ2) is 7.51. The molecule has 0 spiro atoms. The predicted molar refractivity (Wildman–Crippen MR) is 87.7 cm³/mol. The lowest BCUT2D eigenvalue weighted by Gasteiger charge is -2.35. The van der Waals surface area contributed by atoms with E-state index in [0.29, 0.717) is 12.8 Å². The van der Waals surface area contributed by atoms with Crippen molar-refractivity contribution in [1.82, 2.24) is 4.31 Å². The number of sulfonamides is 1. The fourth-order valence-electron chi connectivity index (χ4n) is 2.87. The highest BCUT2D eigenvalue weighted by Crippen LogP contribution is 2.28. The molecular formula is C16H21NO7S. The van der Waals surface area contributed by atoms with Crippen LogP contribution in [0.5, 0.6) is 0 Å². The first kappa shape index (κ1) is 19.4. The number of nitrogens with zero attached hydrogens (tertiary/aromatic N) is 1. The van der Waals surface area contributed by atoms with Gasteiger partial charge in [-0.05, 0) is 38.0 Å². The predicted octanol–water partition coefficient (Wildman–Crippen LogP) is 0.794. The highest BCUT2D eigenvalue weighted by Gasteiger charge is 2.36. The van der Waals surface area contributed by atoms with Gasteiger partial charge < -0.3 is 14.6 Å². The molecular weight excluding hydrogens is 350 g/mol. The summed E-state index contributed by atoms with van der Waals surface area (Å²) < 4.78 is 36.7. The first-order valence-corrected chi connectivity index (χ1v) is 9.17. The quantitative estimate of drug-likeness (QED) is 0.779. The summed E-state index contributed by atoms with van der Waals surface area (Å²) in [6, 6.07) is 3.21. The smallest absolute Gasteiger partial charge is 0.339 e. The molecule has 1 N–H and O–H groups in total. The van der Waals surface area contributed by atoms with Crippen molar-refractivity contribution in [1.29, 1.82) is 0 Å². The van der Waals surface area contributed by atoms with Crippen LogP contribution < -0.4 is 0 Å². The Morgan fingerprint density at radius 2 is 1.84 bits per heavy atom. The van der Waals surface area contributed by atoms with Crippen molar-refractivity contribution in [3.05, 3.63) is 29.3 Å². The molecule has 8 nitrogen and oxygen atoms in total. The first-order valence-electron chi connectivity index (χ1n) is 7.73. The van der Waals surface area contributed by atoms with Crippen LogP contribution in [0.15, 0.2) is 23.1 Å². The molecule has 0 saturated carbocycles. The zero-order chi connectivity index (χ0) is 18.8. The normalized spacial score (nSPS) is 21.6. The maximum absolute atomic E-state index is 13.1. The van der Waals surface area contributed by atoms with E-state index in [9.17, 15) is 23.1 Å². The monoisotopic (exact) mass is 371 g/mol. The van der Waals surface area contributed by atoms with Gasteiger partial charge in [-0.15, -0.1) is 0 Å². The van der Waals surface area contributed by atoms with Crippen molar-refractivity contribution < 1.29 is 32.6 Å². The van der Waals surface area contributed by atoms with Crippen LogP contribution in [0.1, 0.15) is 40.5 Å². The second-order valence-corrected chi connectivity index (χ2v) is 7.70. The third-order valence-corrected chi connectivity index (χ3v) is 6.24. The molecule has 1 aliphatic heterocycles. The SMILES string of the molecule is COC(=O)c1ccc(C(=O)OC)c(S(=O)(=O)N2CC[C@@H](O)C[C@@H]2C)c1. The molecule has 0 unspecified atom stereocenters. The summed E-state index contributed by atoms with van der Waals surface area (Å²) >= 11 is 0. The molecule has 0 amide bonds. The van der Waals surface area contributed by atoms with Gasteiger partial charge in [0, 0.05) is 12.6 Å². The van der Waals surface area contributed by atoms with E-state index < -0.39 is 34.1 Å². The number of methoxy groups -OCH3 is 2. The fraction of sp³-hybridized carbons (Fsp3) is 0.500. The number of carbonyl (C=O) groups is 2. The van der Waals surface area contributed by atoms with Gasteiger partial charge in [0.15, 0.2) is 0 Å². The van der Waals surface area contributed by atoms with Crippen LogP contribution in [0.2, 0.25) is 0 Å². The average molecular weight is 371 g/mol. The van der Waals surface area contributed by atoms with Crippen LogP contribution in [0.4, 0.5) is 0 Å². The molecule has 1 aliphatic rings. The number of aliphatic hydroxyl groups is 1. The summed E-state index contributed by atoms with van der Waals surface area (Å²) in [5, 5.41) is 9.71. The number of benzene rings is 1. The summed E-state index contributed by atoms with van der Waals surface area (Å²) in [6.07, 6.45) is 0.0278. The van der Waals surface area contributed by atoms with Gasteiger partial charge in [-0.2, -0.15) is 4.31 Å². The van der Waals surface area contributed by atoms with Gasteiger partial charge in [0.1, 0.15) is 0 Å². The van der Waals surface area contributed by atoms with Gasteiger partial charge in [-0.3, -0.25) is 0 Å². The molecule has 9 heteroatoms. The Labute approximate surface area is 146 Å². The number of aliphatic hydroxyl groups excluding tert-OH is 1. The molecule has 1 aromatic carbocycles. The molecule has 0 bridgehead atoms. The van der Waals surface area contributed by atoms with E-state index in [1.54, 1.807) is 6.92 Å². The highest BCUT2D eigenvalue weighted by atomic mass is 32.2. The Bertz CT molecular complexity index is 775. The lowest BCUT2D eigenvalue weighted by atomic mass is 10.0. The average Bonchev–Trinajstić information content (AvgIpc) is 2.59. The van der Waals surface area contributed by atoms with E-state index in [4.69, 9.17) is 0 Å². The van der Waals surface area contributed by atoms with Crippen molar-refractivity contribution in [3.63, 3.8) is 0 Å². The lowest BCUT2D eigenvalue weighted by molar-refractivity contribution is 0.0582. The lowest BCUT2D eigenvalue weighted by Crippen LogP contribution is -2.46. The van der Waals surface area contributed by atoms with Crippen molar-refractivity contribution >= 4 is 22.0 Å². The van der Waals surface area contributed by atoms with E-state index >= 15 is 0 Å². The van der Waals surface area contributed by atoms with Gasteiger partial charge in [-0.1, -0.05) is 0 Å². The molecule has 0 radical (unpaired) electrons. The largest absolute Gasteiger partial charge is 0.465 e. The highest BCUT2D eigenvalue weighted by molar-refractivity contribution is 7.89. The zero-order valence-electron chi connectivity index (χ0n) is 14.3. The van der Waals surface area contributed by atoms with E-state index in [1.807, 2.05) is 0 Å². The Hall–Kier alpha value is -1.97. The minimum atomic E-state index is -4.07. The van der Waals surface area contributed by atoms with Crippen LogP contribution >= 0.6 is 0 Å². The van der Waals surface area contributed by atoms with E-state index in [0.717, 1.165) is 13.2 Å². The topological polar surface area (TPSA) is 110 Å². The Balaban J connectivity index is 2.57. The van der Waals surface area contributed by atoms with Gasteiger partial charge in [0.05, 0.1) is 36.3 Å². The number of rotatable bonds is 4. The summed E-state index contributed by atoms with van der Waals surface area (Å²) in [7, 11) is -1.75. The maximum Gasteiger partial charge on any atom is 0.339 e. The summed E-state index contributed by atoms with van der Waals surface area (Å²) in [5.74, 6) is -1.53. The van der Waals surface area contributed by atoms with E-state index in [1.165, 1.54) is 23.5 Å². The Kier molecular flexibility index (Phi) is 5.81. The number of esters is 2.